The van der Waals surface area contributed by atoms with E-state index in [1.54, 1.807) is 12.0 Å². The van der Waals surface area contributed by atoms with Crippen molar-refractivity contribution in [3.05, 3.63) is 52.9 Å². The maximum absolute atomic E-state index is 13.1. The molecular weight excluding hydrogens is 412 g/mol. The third-order valence-electron chi connectivity index (χ3n) is 4.51. The molecule has 0 saturated carbocycles. The Kier molecular flexibility index (Phi) is 8.00. The van der Waals surface area contributed by atoms with Crippen molar-refractivity contribution in [3.8, 4) is 17.2 Å². The van der Waals surface area contributed by atoms with E-state index < -0.39 is 0 Å². The van der Waals surface area contributed by atoms with Gasteiger partial charge in [-0.15, -0.1) is 0 Å². The van der Waals surface area contributed by atoms with Crippen LogP contribution in [0.5, 0.6) is 17.2 Å². The Labute approximate surface area is 187 Å². The van der Waals surface area contributed by atoms with Gasteiger partial charge in [-0.05, 0) is 74.5 Å². The van der Waals surface area contributed by atoms with Crippen molar-refractivity contribution < 1.29 is 19.0 Å². The highest BCUT2D eigenvalue weighted by atomic mass is 32.2. The first-order valence-electron chi connectivity index (χ1n) is 10.4. The summed E-state index contributed by atoms with van der Waals surface area (Å²) in [7, 11) is 1.63. The Morgan fingerprint density at radius 2 is 1.71 bits per heavy atom. The topological polar surface area (TPSA) is 60.4 Å². The third-order valence-corrected chi connectivity index (χ3v) is 5.52. The Hall–Kier alpha value is -2.93. The number of ether oxygens (including phenoxy) is 3. The van der Waals surface area contributed by atoms with E-state index in [1.165, 1.54) is 11.8 Å². The second kappa shape index (κ2) is 10.9. The van der Waals surface area contributed by atoms with E-state index in [-0.39, 0.29) is 5.91 Å². The maximum atomic E-state index is 13.1. The Bertz CT molecular complexity index is 970. The number of amidine groups is 1. The highest BCUT2D eigenvalue weighted by molar-refractivity contribution is 8.18. The highest BCUT2D eigenvalue weighted by Crippen LogP contribution is 2.36. The first-order chi connectivity index (χ1) is 15.1. The molecule has 0 unspecified atom stereocenters. The molecule has 7 heteroatoms. The molecule has 1 aliphatic heterocycles. The largest absolute Gasteiger partial charge is 0.497 e. The molecule has 0 radical (unpaired) electrons. The minimum Gasteiger partial charge on any atom is -0.497 e. The van der Waals surface area contributed by atoms with Gasteiger partial charge in [0, 0.05) is 18.2 Å². The summed E-state index contributed by atoms with van der Waals surface area (Å²) in [5.74, 6) is 2.16. The van der Waals surface area contributed by atoms with E-state index in [1.807, 2.05) is 69.3 Å². The Morgan fingerprint density at radius 3 is 2.35 bits per heavy atom. The zero-order valence-electron chi connectivity index (χ0n) is 18.4. The molecule has 2 aromatic rings. The summed E-state index contributed by atoms with van der Waals surface area (Å²) in [6.07, 6.45) is 2.71. The summed E-state index contributed by atoms with van der Waals surface area (Å²) in [4.78, 5) is 20.2. The van der Waals surface area contributed by atoms with Gasteiger partial charge in [-0.2, -0.15) is 0 Å². The SMILES string of the molecule is CCCN1C(=O)/C(=C\c2ccc(OCC)cc2OCC)SC1=Nc1ccc(OC)cc1. The molecule has 6 nitrogen and oxygen atoms in total. The van der Waals surface area contributed by atoms with Gasteiger partial charge in [0.15, 0.2) is 5.17 Å². The molecule has 0 aromatic heterocycles. The molecule has 0 bridgehead atoms. The minimum atomic E-state index is -0.0459. The number of rotatable bonds is 9. The van der Waals surface area contributed by atoms with E-state index >= 15 is 0 Å². The van der Waals surface area contributed by atoms with Crippen LogP contribution in [0.1, 0.15) is 32.8 Å². The zero-order chi connectivity index (χ0) is 22.2. The van der Waals surface area contributed by atoms with Gasteiger partial charge in [-0.3, -0.25) is 9.69 Å². The summed E-state index contributed by atoms with van der Waals surface area (Å²) < 4.78 is 16.6. The molecule has 1 saturated heterocycles. The number of hydrogen-bond donors (Lipinski definition) is 0. The summed E-state index contributed by atoms with van der Waals surface area (Å²) in [5.41, 5.74) is 1.61. The molecule has 0 spiro atoms. The van der Waals surface area contributed by atoms with Crippen molar-refractivity contribution in [3.63, 3.8) is 0 Å². The van der Waals surface area contributed by atoms with E-state index in [9.17, 15) is 4.79 Å². The molecular formula is C24H28N2O4S. The van der Waals surface area contributed by atoms with E-state index in [0.717, 1.165) is 29.2 Å². The fraction of sp³-hybridized carbons (Fsp3) is 0.333. The van der Waals surface area contributed by atoms with Crippen LogP contribution in [0.2, 0.25) is 0 Å². The lowest BCUT2D eigenvalue weighted by atomic mass is 10.1. The van der Waals surface area contributed by atoms with Crippen molar-refractivity contribution in [2.24, 2.45) is 4.99 Å². The van der Waals surface area contributed by atoms with Crippen molar-refractivity contribution >= 4 is 34.6 Å². The lowest BCUT2D eigenvalue weighted by molar-refractivity contribution is -0.122. The van der Waals surface area contributed by atoms with Crippen molar-refractivity contribution in [1.29, 1.82) is 0 Å². The van der Waals surface area contributed by atoms with Crippen molar-refractivity contribution in [2.75, 3.05) is 26.9 Å². The number of benzene rings is 2. The molecule has 1 fully saturated rings. The second-order valence-electron chi connectivity index (χ2n) is 6.73. The van der Waals surface area contributed by atoms with Gasteiger partial charge in [0.1, 0.15) is 17.2 Å². The standard InChI is InChI=1S/C24H28N2O4S/c1-5-14-26-23(27)22(31-24(26)25-18-9-12-19(28-4)13-10-18)15-17-8-11-20(29-6-2)16-21(17)30-7-3/h8-13,15-16H,5-7,14H2,1-4H3/b22-15+,25-24?. The number of carbonyl (C=O) groups excluding carboxylic acids is 1. The second-order valence-corrected chi connectivity index (χ2v) is 7.73. The molecule has 164 valence electrons. The Morgan fingerprint density at radius 1 is 1.00 bits per heavy atom. The number of methoxy groups -OCH3 is 1. The normalized spacial score (nSPS) is 16.3. The minimum absolute atomic E-state index is 0.0459. The summed E-state index contributed by atoms with van der Waals surface area (Å²) in [6, 6.07) is 13.1. The molecule has 0 N–H and O–H groups in total. The lowest BCUT2D eigenvalue weighted by Gasteiger charge is -2.14. The number of nitrogens with zero attached hydrogens (tertiary/aromatic N) is 2. The van der Waals surface area contributed by atoms with Crippen LogP contribution < -0.4 is 14.2 Å². The molecule has 0 aliphatic carbocycles. The van der Waals surface area contributed by atoms with E-state index in [4.69, 9.17) is 19.2 Å². The summed E-state index contributed by atoms with van der Waals surface area (Å²) in [5, 5.41) is 0.673. The quantitative estimate of drug-likeness (QED) is 0.482. The molecule has 2 aromatic carbocycles. The molecule has 1 amide bonds. The monoisotopic (exact) mass is 440 g/mol. The van der Waals surface area contributed by atoms with Crippen LogP contribution in [0.4, 0.5) is 5.69 Å². The van der Waals surface area contributed by atoms with Gasteiger partial charge in [0.05, 0.1) is 30.9 Å². The zero-order valence-corrected chi connectivity index (χ0v) is 19.2. The maximum Gasteiger partial charge on any atom is 0.266 e. The van der Waals surface area contributed by atoms with Crippen molar-refractivity contribution in [2.45, 2.75) is 27.2 Å². The molecule has 1 aliphatic rings. The fourth-order valence-corrected chi connectivity index (χ4v) is 4.11. The van der Waals surface area contributed by atoms with Gasteiger partial charge in [-0.25, -0.2) is 4.99 Å². The van der Waals surface area contributed by atoms with Crippen LogP contribution in [-0.2, 0) is 4.79 Å². The predicted molar refractivity (Wildman–Crippen MR) is 126 cm³/mol. The van der Waals surface area contributed by atoms with Crippen LogP contribution in [0.25, 0.3) is 6.08 Å². The summed E-state index contributed by atoms with van der Waals surface area (Å²) >= 11 is 1.38. The first-order valence-corrected chi connectivity index (χ1v) is 11.2. The Balaban J connectivity index is 1.93. The molecule has 1 heterocycles. The lowest BCUT2D eigenvalue weighted by Crippen LogP contribution is -2.29. The van der Waals surface area contributed by atoms with Gasteiger partial charge in [0.2, 0.25) is 0 Å². The number of carbonyl (C=O) groups is 1. The van der Waals surface area contributed by atoms with Crippen LogP contribution in [0.15, 0.2) is 52.4 Å². The highest BCUT2D eigenvalue weighted by Gasteiger charge is 2.33. The van der Waals surface area contributed by atoms with E-state index in [2.05, 4.69) is 0 Å². The molecule has 0 atom stereocenters. The smallest absolute Gasteiger partial charge is 0.266 e. The number of thioether (sulfide) groups is 1. The summed E-state index contributed by atoms with van der Waals surface area (Å²) in [6.45, 7) is 7.64. The van der Waals surface area contributed by atoms with Crippen LogP contribution in [-0.4, -0.2) is 42.8 Å². The molecule has 31 heavy (non-hydrogen) atoms. The van der Waals surface area contributed by atoms with Gasteiger partial charge in [0.25, 0.3) is 5.91 Å². The predicted octanol–water partition coefficient (Wildman–Crippen LogP) is 5.51. The fourth-order valence-electron chi connectivity index (χ4n) is 3.09. The van der Waals surface area contributed by atoms with Crippen LogP contribution in [0.3, 0.4) is 0 Å². The average Bonchev–Trinajstić information content (AvgIpc) is 3.05. The van der Waals surface area contributed by atoms with Gasteiger partial charge >= 0.3 is 0 Å². The average molecular weight is 441 g/mol. The van der Waals surface area contributed by atoms with Crippen LogP contribution in [0, 0.1) is 0 Å². The van der Waals surface area contributed by atoms with Gasteiger partial charge in [-0.1, -0.05) is 6.92 Å². The molecule has 3 rings (SSSR count). The number of aliphatic imine (C=N–C) groups is 1. The third kappa shape index (κ3) is 5.61. The van der Waals surface area contributed by atoms with E-state index in [0.29, 0.717) is 35.6 Å². The van der Waals surface area contributed by atoms with Crippen LogP contribution >= 0.6 is 11.8 Å². The van der Waals surface area contributed by atoms with Gasteiger partial charge < -0.3 is 14.2 Å². The number of hydrogen-bond acceptors (Lipinski definition) is 6. The first kappa shape index (κ1) is 22.7. The van der Waals surface area contributed by atoms with Crippen molar-refractivity contribution in [1.82, 2.24) is 4.90 Å². The number of amides is 1.